The fourth-order valence-corrected chi connectivity index (χ4v) is 3.22. The second-order valence-electron chi connectivity index (χ2n) is 6.02. The molecule has 2 heterocycles. The third-order valence-electron chi connectivity index (χ3n) is 4.51. The number of likely N-dealkylation sites (tertiary alicyclic amines) is 1. The van der Waals surface area contributed by atoms with Crippen LogP contribution in [0.2, 0.25) is 0 Å². The molecular weight excluding hydrogens is 336 g/mol. The maximum atomic E-state index is 12.6. The molecule has 3 rings (SSSR count). The van der Waals surface area contributed by atoms with E-state index < -0.39 is 5.91 Å². The molecule has 7 nitrogen and oxygen atoms in total. The highest BCUT2D eigenvalue weighted by atomic mass is 16.5. The van der Waals surface area contributed by atoms with E-state index in [1.807, 2.05) is 18.2 Å². The number of benzene rings is 1. The van der Waals surface area contributed by atoms with Gasteiger partial charge in [0.1, 0.15) is 0 Å². The largest absolute Gasteiger partial charge is 0.493 e. The van der Waals surface area contributed by atoms with Crippen LogP contribution in [0, 0.1) is 0 Å². The molecule has 26 heavy (non-hydrogen) atoms. The molecule has 1 fully saturated rings. The van der Waals surface area contributed by atoms with E-state index in [1.54, 1.807) is 31.3 Å². The van der Waals surface area contributed by atoms with Crippen LogP contribution >= 0.6 is 0 Å². The van der Waals surface area contributed by atoms with Crippen LogP contribution in [0.3, 0.4) is 0 Å². The fourth-order valence-electron chi connectivity index (χ4n) is 3.22. The summed E-state index contributed by atoms with van der Waals surface area (Å²) >= 11 is 0. The minimum absolute atomic E-state index is 0.0391. The number of hydrogen-bond donors (Lipinski definition) is 1. The molecule has 0 bridgehead atoms. The van der Waals surface area contributed by atoms with Crippen LogP contribution in [0.25, 0.3) is 0 Å². The van der Waals surface area contributed by atoms with Gasteiger partial charge < -0.3 is 24.1 Å². The van der Waals surface area contributed by atoms with E-state index >= 15 is 0 Å². The zero-order valence-corrected chi connectivity index (χ0v) is 14.9. The highest BCUT2D eigenvalue weighted by Crippen LogP contribution is 2.36. The normalized spacial score (nSPS) is 16.4. The molecule has 0 radical (unpaired) electrons. The number of nitrogens with one attached hydrogen (secondary N) is 1. The molecule has 0 spiro atoms. The lowest BCUT2D eigenvalue weighted by atomic mass is 10.0. The van der Waals surface area contributed by atoms with Crippen molar-refractivity contribution in [2.45, 2.75) is 18.9 Å². The summed E-state index contributed by atoms with van der Waals surface area (Å²) in [7, 11) is 3.17. The summed E-state index contributed by atoms with van der Waals surface area (Å²) in [5, 5.41) is 2.61. The molecule has 2 amide bonds. The van der Waals surface area contributed by atoms with Crippen LogP contribution in [0.15, 0.2) is 41.0 Å². The van der Waals surface area contributed by atoms with Crippen LogP contribution in [-0.4, -0.2) is 44.0 Å². The third-order valence-corrected chi connectivity index (χ3v) is 4.51. The molecule has 1 aromatic heterocycles. The van der Waals surface area contributed by atoms with Gasteiger partial charge in [-0.05, 0) is 42.7 Å². The van der Waals surface area contributed by atoms with Crippen molar-refractivity contribution in [2.24, 2.45) is 0 Å². The van der Waals surface area contributed by atoms with Gasteiger partial charge in [0.05, 0.1) is 33.1 Å². The fraction of sp³-hybridized carbons (Fsp3) is 0.368. The predicted molar refractivity (Wildman–Crippen MR) is 94.3 cm³/mol. The summed E-state index contributed by atoms with van der Waals surface area (Å²) in [6.07, 6.45) is 3.20. The van der Waals surface area contributed by atoms with Gasteiger partial charge in [-0.3, -0.25) is 9.59 Å². The van der Waals surface area contributed by atoms with Gasteiger partial charge >= 0.3 is 0 Å². The topological polar surface area (TPSA) is 81.0 Å². The minimum atomic E-state index is -0.398. The Bertz CT molecular complexity index is 772. The molecular formula is C19H22N2O5. The van der Waals surface area contributed by atoms with E-state index in [4.69, 9.17) is 13.9 Å². The summed E-state index contributed by atoms with van der Waals surface area (Å²) in [5.41, 5.74) is 0.992. The second-order valence-corrected chi connectivity index (χ2v) is 6.02. The molecule has 0 saturated carbocycles. The van der Waals surface area contributed by atoms with E-state index in [2.05, 4.69) is 5.32 Å². The van der Waals surface area contributed by atoms with E-state index in [0.29, 0.717) is 18.0 Å². The van der Waals surface area contributed by atoms with E-state index in [1.165, 1.54) is 6.26 Å². The van der Waals surface area contributed by atoms with Crippen LogP contribution in [0.1, 0.15) is 35.0 Å². The first-order valence-electron chi connectivity index (χ1n) is 8.47. The average Bonchev–Trinajstić information content (AvgIpc) is 3.37. The number of methoxy groups -OCH3 is 2. The Hall–Kier alpha value is -2.96. The smallest absolute Gasteiger partial charge is 0.287 e. The predicted octanol–water partition coefficient (Wildman–Crippen LogP) is 2.39. The second kappa shape index (κ2) is 7.95. The van der Waals surface area contributed by atoms with Crippen molar-refractivity contribution < 1.29 is 23.5 Å². The standard InChI is InChI=1S/C19H22N2O5/c1-24-15-8-7-13(11-17(15)25-2)14-5-3-9-21(14)18(22)12-20-19(23)16-6-4-10-26-16/h4,6-8,10-11,14H,3,5,9,12H2,1-2H3,(H,20,23)/t14-/m1/s1. The summed E-state index contributed by atoms with van der Waals surface area (Å²) in [6.45, 7) is 0.595. The van der Waals surface area contributed by atoms with Crippen molar-refractivity contribution in [2.75, 3.05) is 27.3 Å². The maximum Gasteiger partial charge on any atom is 0.287 e. The number of carbonyl (C=O) groups is 2. The molecule has 1 N–H and O–H groups in total. The van der Waals surface area contributed by atoms with E-state index in [-0.39, 0.29) is 24.3 Å². The lowest BCUT2D eigenvalue weighted by molar-refractivity contribution is -0.131. The van der Waals surface area contributed by atoms with Gasteiger partial charge in [0.15, 0.2) is 17.3 Å². The zero-order valence-electron chi connectivity index (χ0n) is 14.9. The van der Waals surface area contributed by atoms with Gasteiger partial charge in [-0.1, -0.05) is 6.07 Å². The molecule has 0 aliphatic carbocycles. The molecule has 1 aliphatic rings. The monoisotopic (exact) mass is 358 g/mol. The Balaban J connectivity index is 1.67. The number of ether oxygens (including phenoxy) is 2. The van der Waals surface area contributed by atoms with Crippen molar-refractivity contribution >= 4 is 11.8 Å². The molecule has 1 aromatic carbocycles. The molecule has 138 valence electrons. The molecule has 1 saturated heterocycles. The average molecular weight is 358 g/mol. The van der Waals surface area contributed by atoms with Crippen molar-refractivity contribution in [3.8, 4) is 11.5 Å². The van der Waals surface area contributed by atoms with Crippen molar-refractivity contribution in [1.82, 2.24) is 10.2 Å². The summed E-state index contributed by atoms with van der Waals surface area (Å²) < 4.78 is 15.7. The Morgan fingerprint density at radius 2 is 2.04 bits per heavy atom. The highest BCUT2D eigenvalue weighted by molar-refractivity contribution is 5.94. The molecule has 7 heteroatoms. The van der Waals surface area contributed by atoms with E-state index in [0.717, 1.165) is 18.4 Å². The molecule has 1 atom stereocenters. The Labute approximate surface area is 151 Å². The van der Waals surface area contributed by atoms with Gasteiger partial charge in [0.2, 0.25) is 5.91 Å². The van der Waals surface area contributed by atoms with Crippen molar-refractivity contribution in [1.29, 1.82) is 0 Å². The van der Waals surface area contributed by atoms with Crippen LogP contribution in [-0.2, 0) is 4.79 Å². The van der Waals surface area contributed by atoms with Crippen molar-refractivity contribution in [3.05, 3.63) is 47.9 Å². The van der Waals surface area contributed by atoms with Crippen LogP contribution < -0.4 is 14.8 Å². The third kappa shape index (κ3) is 3.66. The van der Waals surface area contributed by atoms with Gasteiger partial charge in [-0.2, -0.15) is 0 Å². The Morgan fingerprint density at radius 3 is 2.73 bits per heavy atom. The number of amides is 2. The number of nitrogens with zero attached hydrogens (tertiary/aromatic N) is 1. The first-order chi connectivity index (χ1) is 12.6. The van der Waals surface area contributed by atoms with Gasteiger partial charge in [0, 0.05) is 6.54 Å². The number of rotatable bonds is 6. The lowest BCUT2D eigenvalue weighted by Gasteiger charge is -2.25. The summed E-state index contributed by atoms with van der Waals surface area (Å²) in [6, 6.07) is 8.83. The number of hydrogen-bond acceptors (Lipinski definition) is 5. The minimum Gasteiger partial charge on any atom is -0.493 e. The summed E-state index contributed by atoms with van der Waals surface area (Å²) in [4.78, 5) is 26.3. The van der Waals surface area contributed by atoms with E-state index in [9.17, 15) is 9.59 Å². The van der Waals surface area contributed by atoms with Crippen LogP contribution in [0.5, 0.6) is 11.5 Å². The van der Waals surface area contributed by atoms with Crippen LogP contribution in [0.4, 0.5) is 0 Å². The van der Waals surface area contributed by atoms with Gasteiger partial charge in [-0.15, -0.1) is 0 Å². The maximum absolute atomic E-state index is 12.6. The van der Waals surface area contributed by atoms with Gasteiger partial charge in [-0.25, -0.2) is 0 Å². The Morgan fingerprint density at radius 1 is 1.23 bits per heavy atom. The number of carbonyl (C=O) groups excluding carboxylic acids is 2. The summed E-state index contributed by atoms with van der Waals surface area (Å²) in [5.74, 6) is 0.955. The Kier molecular flexibility index (Phi) is 5.46. The first kappa shape index (κ1) is 17.8. The molecule has 1 aliphatic heterocycles. The molecule has 2 aromatic rings. The SMILES string of the molecule is COc1ccc([C@H]2CCCN2C(=O)CNC(=O)c2ccco2)cc1OC. The zero-order chi connectivity index (χ0) is 18.5. The first-order valence-corrected chi connectivity index (χ1v) is 8.47. The van der Waals surface area contributed by atoms with Gasteiger partial charge in [0.25, 0.3) is 5.91 Å². The van der Waals surface area contributed by atoms with Crippen molar-refractivity contribution in [3.63, 3.8) is 0 Å². The molecule has 0 unspecified atom stereocenters. The lowest BCUT2D eigenvalue weighted by Crippen LogP contribution is -2.39. The highest BCUT2D eigenvalue weighted by Gasteiger charge is 2.30. The number of furan rings is 1. The quantitative estimate of drug-likeness (QED) is 0.857.